The zero-order valence-corrected chi connectivity index (χ0v) is 20.4. The molecule has 1 aliphatic carbocycles. The van der Waals surface area contributed by atoms with Crippen molar-refractivity contribution in [3.63, 3.8) is 0 Å². The van der Waals surface area contributed by atoms with Gasteiger partial charge in [-0.1, -0.05) is 42.5 Å². The average molecular weight is 515 g/mol. The first kappa shape index (κ1) is 23.0. The van der Waals surface area contributed by atoms with Crippen molar-refractivity contribution in [3.05, 3.63) is 94.3 Å². The lowest BCUT2D eigenvalue weighted by molar-refractivity contribution is 0.305. The Bertz CT molecular complexity index is 1760. The quantitative estimate of drug-likeness (QED) is 0.374. The van der Waals surface area contributed by atoms with Crippen molar-refractivity contribution in [2.24, 2.45) is 15.4 Å². The molecule has 1 saturated carbocycles. The first-order valence-electron chi connectivity index (χ1n) is 11.7. The smallest absolute Gasteiger partial charge is 0.286 e. The summed E-state index contributed by atoms with van der Waals surface area (Å²) < 4.78 is 37.2. The zero-order valence-electron chi connectivity index (χ0n) is 19.5. The van der Waals surface area contributed by atoms with Gasteiger partial charge in [0.25, 0.3) is 15.6 Å². The van der Waals surface area contributed by atoms with Crippen molar-refractivity contribution in [1.29, 1.82) is 0 Å². The van der Waals surface area contributed by atoms with Crippen LogP contribution in [-0.4, -0.2) is 30.3 Å². The summed E-state index contributed by atoms with van der Waals surface area (Å²) in [6, 6.07) is 20.8. The Morgan fingerprint density at radius 2 is 1.84 bits per heavy atom. The molecule has 1 aliphatic heterocycles. The fourth-order valence-electron chi connectivity index (χ4n) is 4.12. The number of amidine groups is 1. The second-order valence-corrected chi connectivity index (χ2v) is 10.5. The van der Waals surface area contributed by atoms with E-state index in [0.717, 1.165) is 18.4 Å². The zero-order chi connectivity index (χ0) is 25.6. The molecule has 186 valence electrons. The van der Waals surface area contributed by atoms with Gasteiger partial charge in [-0.05, 0) is 48.6 Å². The molecule has 0 spiro atoms. The summed E-state index contributed by atoms with van der Waals surface area (Å²) in [6.45, 7) is 0.271. The van der Waals surface area contributed by atoms with E-state index >= 15 is 0 Å². The van der Waals surface area contributed by atoms with E-state index in [1.54, 1.807) is 42.6 Å². The van der Waals surface area contributed by atoms with E-state index in [1.165, 1.54) is 10.7 Å². The number of pyridine rings is 1. The monoisotopic (exact) mass is 514 g/mol. The van der Waals surface area contributed by atoms with E-state index in [9.17, 15) is 18.3 Å². The standard InChI is InChI=1S/C27H22N4O5S/c32-25-20-8-4-5-9-22(20)31(28-15-17-10-11-17)27(33)24(25)26-29-21-13-12-19(14-23(21)37(34,35)30-26)36-16-18-6-2-1-3-7-18/h1-9,12-15,17,32H,10-11,16H2,(H,29,30). The number of nitrogens with one attached hydrogen (secondary N) is 1. The fourth-order valence-corrected chi connectivity index (χ4v) is 5.26. The molecule has 10 heteroatoms. The van der Waals surface area contributed by atoms with Crippen molar-refractivity contribution >= 4 is 38.7 Å². The van der Waals surface area contributed by atoms with Gasteiger partial charge in [0.1, 0.15) is 28.6 Å². The molecule has 2 N–H and O–H groups in total. The van der Waals surface area contributed by atoms with Crippen LogP contribution in [0.2, 0.25) is 0 Å². The summed E-state index contributed by atoms with van der Waals surface area (Å²) in [5.74, 6) is 0.0239. The number of benzene rings is 3. The van der Waals surface area contributed by atoms with Crippen LogP contribution in [0.3, 0.4) is 0 Å². The van der Waals surface area contributed by atoms with Gasteiger partial charge in [0.15, 0.2) is 5.84 Å². The van der Waals surface area contributed by atoms with Gasteiger partial charge in [-0.15, -0.1) is 4.40 Å². The predicted molar refractivity (Wildman–Crippen MR) is 141 cm³/mol. The molecule has 1 aromatic heterocycles. The topological polar surface area (TPSA) is 122 Å². The second-order valence-electron chi connectivity index (χ2n) is 8.93. The van der Waals surface area contributed by atoms with E-state index in [0.29, 0.717) is 22.6 Å². The van der Waals surface area contributed by atoms with Gasteiger partial charge in [-0.3, -0.25) is 4.79 Å². The third-order valence-electron chi connectivity index (χ3n) is 6.23. The van der Waals surface area contributed by atoms with Gasteiger partial charge < -0.3 is 15.2 Å². The summed E-state index contributed by atoms with van der Waals surface area (Å²) in [5.41, 5.74) is 0.613. The van der Waals surface area contributed by atoms with Crippen molar-refractivity contribution < 1.29 is 18.3 Å². The Balaban J connectivity index is 1.40. The maximum Gasteiger partial charge on any atom is 0.286 e. The van der Waals surface area contributed by atoms with Crippen LogP contribution in [-0.2, 0) is 16.6 Å². The van der Waals surface area contributed by atoms with Crippen molar-refractivity contribution in [2.75, 3.05) is 5.32 Å². The Morgan fingerprint density at radius 3 is 2.62 bits per heavy atom. The Labute approximate surface area is 212 Å². The molecule has 0 saturated heterocycles. The molecular formula is C27H22N4O5S. The maximum atomic E-state index is 13.5. The molecule has 0 unspecified atom stereocenters. The van der Waals surface area contributed by atoms with E-state index < -0.39 is 15.6 Å². The average Bonchev–Trinajstić information content (AvgIpc) is 3.72. The first-order chi connectivity index (χ1) is 17.9. The number of para-hydroxylation sites is 1. The maximum absolute atomic E-state index is 13.5. The van der Waals surface area contributed by atoms with Crippen molar-refractivity contribution in [1.82, 2.24) is 4.68 Å². The molecule has 0 atom stereocenters. The number of hydrogen-bond donors (Lipinski definition) is 2. The van der Waals surface area contributed by atoms with Crippen LogP contribution in [0.5, 0.6) is 11.5 Å². The van der Waals surface area contributed by atoms with E-state index in [-0.39, 0.29) is 34.3 Å². The van der Waals surface area contributed by atoms with Gasteiger partial charge in [0.2, 0.25) is 0 Å². The highest BCUT2D eigenvalue weighted by Crippen LogP contribution is 2.34. The fraction of sp³-hybridized carbons (Fsp3) is 0.148. The number of nitrogens with zero attached hydrogens (tertiary/aromatic N) is 3. The minimum atomic E-state index is -4.21. The Kier molecular flexibility index (Phi) is 5.53. The lowest BCUT2D eigenvalue weighted by Gasteiger charge is -2.20. The number of aromatic nitrogens is 1. The number of hydrogen-bond acceptors (Lipinski definition) is 7. The highest BCUT2D eigenvalue weighted by Gasteiger charge is 2.30. The molecule has 4 aromatic rings. The van der Waals surface area contributed by atoms with E-state index in [2.05, 4.69) is 14.8 Å². The van der Waals surface area contributed by atoms with Crippen LogP contribution in [0.25, 0.3) is 10.9 Å². The number of anilines is 1. The van der Waals surface area contributed by atoms with Crippen LogP contribution in [0.1, 0.15) is 24.0 Å². The minimum absolute atomic E-state index is 0.0887. The molecule has 1 fully saturated rings. The van der Waals surface area contributed by atoms with Crippen LogP contribution in [0, 0.1) is 5.92 Å². The SMILES string of the molecule is O=c1c(C2=NS(=O)(=O)c3cc(OCc4ccccc4)ccc3N2)c(O)c2ccccc2n1N=CC1CC1. The highest BCUT2D eigenvalue weighted by molar-refractivity contribution is 7.90. The van der Waals surface area contributed by atoms with Gasteiger partial charge in [0, 0.05) is 17.7 Å². The first-order valence-corrected chi connectivity index (χ1v) is 13.2. The van der Waals surface area contributed by atoms with Crippen LogP contribution in [0.4, 0.5) is 5.69 Å². The number of sulfonamides is 1. The highest BCUT2D eigenvalue weighted by atomic mass is 32.2. The second kappa shape index (κ2) is 8.90. The summed E-state index contributed by atoms with van der Waals surface area (Å²) in [6.07, 6.45) is 3.71. The number of aromatic hydroxyl groups is 1. The van der Waals surface area contributed by atoms with Gasteiger partial charge in [0.05, 0.1) is 11.2 Å². The summed E-state index contributed by atoms with van der Waals surface area (Å²) in [4.78, 5) is 13.4. The van der Waals surface area contributed by atoms with Crippen molar-refractivity contribution in [2.45, 2.75) is 24.3 Å². The summed E-state index contributed by atoms with van der Waals surface area (Å²) >= 11 is 0. The van der Waals surface area contributed by atoms with Gasteiger partial charge >= 0.3 is 0 Å². The Hall–Kier alpha value is -4.44. The van der Waals surface area contributed by atoms with Crippen molar-refractivity contribution in [3.8, 4) is 11.5 Å². The van der Waals surface area contributed by atoms with Gasteiger partial charge in [-0.25, -0.2) is 0 Å². The minimum Gasteiger partial charge on any atom is -0.506 e. The predicted octanol–water partition coefficient (Wildman–Crippen LogP) is 4.09. The van der Waals surface area contributed by atoms with Crippen LogP contribution < -0.4 is 15.6 Å². The summed E-state index contributed by atoms with van der Waals surface area (Å²) in [5, 5.41) is 18.6. The lowest BCUT2D eigenvalue weighted by Crippen LogP contribution is -2.31. The number of ether oxygens (including phenoxy) is 1. The molecule has 2 heterocycles. The van der Waals surface area contributed by atoms with E-state index in [1.807, 2.05) is 30.3 Å². The molecule has 0 amide bonds. The summed E-state index contributed by atoms with van der Waals surface area (Å²) in [7, 11) is -4.21. The number of rotatable bonds is 6. The normalized spacial score (nSPS) is 16.3. The molecule has 9 nitrogen and oxygen atoms in total. The van der Waals surface area contributed by atoms with Crippen LogP contribution in [0.15, 0.2) is 92.0 Å². The number of fused-ring (bicyclic) bond motifs is 2. The molecule has 3 aromatic carbocycles. The molecule has 0 radical (unpaired) electrons. The third kappa shape index (κ3) is 4.36. The van der Waals surface area contributed by atoms with Crippen LogP contribution >= 0.6 is 0 Å². The molecule has 2 aliphatic rings. The molecule has 0 bridgehead atoms. The lowest BCUT2D eigenvalue weighted by atomic mass is 10.1. The Morgan fingerprint density at radius 1 is 1.08 bits per heavy atom. The molecular weight excluding hydrogens is 492 g/mol. The molecule has 37 heavy (non-hydrogen) atoms. The van der Waals surface area contributed by atoms with E-state index in [4.69, 9.17) is 4.74 Å². The molecule has 6 rings (SSSR count). The van der Waals surface area contributed by atoms with Gasteiger partial charge in [-0.2, -0.15) is 18.2 Å². The third-order valence-corrected chi connectivity index (χ3v) is 7.54. The largest absolute Gasteiger partial charge is 0.506 e.